The molecule has 0 aliphatic rings. The summed E-state index contributed by atoms with van der Waals surface area (Å²) in [4.78, 5) is 28.4. The monoisotopic (exact) mass is 679 g/mol. The lowest BCUT2D eigenvalue weighted by Gasteiger charge is -2.20. The summed E-state index contributed by atoms with van der Waals surface area (Å²) in [5.74, 6) is -0.421. The van der Waals surface area contributed by atoms with E-state index in [1.54, 1.807) is 54.8 Å². The molecule has 2 unspecified atom stereocenters. The van der Waals surface area contributed by atoms with E-state index in [0.717, 1.165) is 11.1 Å². The van der Waals surface area contributed by atoms with Crippen molar-refractivity contribution in [2.75, 3.05) is 6.54 Å². The van der Waals surface area contributed by atoms with Crippen LogP contribution in [0.15, 0.2) is 59.5 Å². The first-order valence-electron chi connectivity index (χ1n) is 14.3. The minimum Gasteiger partial charge on any atom is -0.439 e. The number of hydrogen-bond acceptors (Lipinski definition) is 6. The Hall–Kier alpha value is -4.30. The van der Waals surface area contributed by atoms with Crippen LogP contribution in [0.4, 0.5) is 22.8 Å². The number of aromatic nitrogens is 2. The first-order valence-corrected chi connectivity index (χ1v) is 16.1. The van der Waals surface area contributed by atoms with Crippen LogP contribution in [0.25, 0.3) is 16.7 Å². The number of halogens is 4. The number of rotatable bonds is 10. The van der Waals surface area contributed by atoms with E-state index in [1.807, 2.05) is 11.6 Å². The summed E-state index contributed by atoms with van der Waals surface area (Å²) in [6.07, 6.45) is -6.13. The van der Waals surface area contributed by atoms with Gasteiger partial charge in [-0.05, 0) is 74.1 Å². The minimum absolute atomic E-state index is 0.0435. The van der Waals surface area contributed by atoms with Crippen LogP contribution in [-0.2, 0) is 27.4 Å². The molecule has 10 nitrogen and oxygen atoms in total. The van der Waals surface area contributed by atoms with Gasteiger partial charge in [0.2, 0.25) is 0 Å². The Bertz CT molecular complexity index is 1860. The SMILES string of the molecule is CCC(C)c1c(C(F)(F)F)c(Cl)cc2c1nc(C(C)OC(N)=O)n2-c1ccc(CCNC(=O)NS(=O)(=O)c2ccc(C)cc2)cc1. The van der Waals surface area contributed by atoms with Crippen molar-refractivity contribution in [1.29, 1.82) is 0 Å². The Morgan fingerprint density at radius 2 is 1.72 bits per heavy atom. The molecule has 0 fully saturated rings. The van der Waals surface area contributed by atoms with Gasteiger partial charge in [0.15, 0.2) is 11.9 Å². The molecule has 0 saturated carbocycles. The Balaban J connectivity index is 1.62. The second-order valence-corrected chi connectivity index (χ2v) is 12.9. The number of sulfonamides is 1. The molecule has 0 bridgehead atoms. The number of amides is 3. The van der Waals surface area contributed by atoms with Crippen LogP contribution in [-0.4, -0.2) is 36.6 Å². The quantitative estimate of drug-likeness (QED) is 0.166. The normalized spacial score (nSPS) is 13.3. The smallest absolute Gasteiger partial charge is 0.418 e. The van der Waals surface area contributed by atoms with E-state index in [4.69, 9.17) is 22.1 Å². The van der Waals surface area contributed by atoms with E-state index >= 15 is 0 Å². The molecular weight excluding hydrogens is 647 g/mol. The first-order chi connectivity index (χ1) is 21.5. The third-order valence-corrected chi connectivity index (χ3v) is 9.11. The van der Waals surface area contributed by atoms with Crippen molar-refractivity contribution in [2.45, 2.75) is 63.6 Å². The summed E-state index contributed by atoms with van der Waals surface area (Å²) in [5.41, 5.74) is 6.69. The van der Waals surface area contributed by atoms with Crippen LogP contribution < -0.4 is 15.8 Å². The summed E-state index contributed by atoms with van der Waals surface area (Å²) in [6.45, 7) is 6.83. The number of hydrogen-bond donors (Lipinski definition) is 3. The van der Waals surface area contributed by atoms with E-state index in [2.05, 4.69) is 10.3 Å². The minimum atomic E-state index is -4.74. The molecule has 0 spiro atoms. The third kappa shape index (κ3) is 7.56. The van der Waals surface area contributed by atoms with Gasteiger partial charge in [-0.3, -0.25) is 4.57 Å². The van der Waals surface area contributed by atoms with Gasteiger partial charge in [0.05, 0.1) is 26.5 Å². The van der Waals surface area contributed by atoms with Gasteiger partial charge in [0.1, 0.15) is 0 Å². The van der Waals surface area contributed by atoms with Crippen molar-refractivity contribution in [3.8, 4) is 5.69 Å². The lowest BCUT2D eigenvalue weighted by molar-refractivity contribution is -0.138. The van der Waals surface area contributed by atoms with Crippen LogP contribution in [0.1, 0.15) is 67.3 Å². The highest BCUT2D eigenvalue weighted by molar-refractivity contribution is 7.90. The predicted molar refractivity (Wildman–Crippen MR) is 167 cm³/mol. The number of nitrogens with one attached hydrogen (secondary N) is 2. The number of fused-ring (bicyclic) bond motifs is 1. The van der Waals surface area contributed by atoms with Gasteiger partial charge in [-0.2, -0.15) is 13.2 Å². The van der Waals surface area contributed by atoms with Crippen molar-refractivity contribution in [3.63, 3.8) is 0 Å². The van der Waals surface area contributed by atoms with Gasteiger partial charge in [-0.1, -0.05) is 55.3 Å². The maximum Gasteiger partial charge on any atom is 0.418 e. The van der Waals surface area contributed by atoms with Crippen molar-refractivity contribution in [2.24, 2.45) is 5.73 Å². The highest BCUT2D eigenvalue weighted by atomic mass is 35.5. The van der Waals surface area contributed by atoms with Gasteiger partial charge in [0.25, 0.3) is 10.0 Å². The third-order valence-electron chi connectivity index (χ3n) is 7.46. The van der Waals surface area contributed by atoms with Gasteiger partial charge in [-0.25, -0.2) is 27.7 Å². The molecule has 246 valence electrons. The van der Waals surface area contributed by atoms with E-state index in [9.17, 15) is 31.2 Å². The lowest BCUT2D eigenvalue weighted by Crippen LogP contribution is -2.40. The summed E-state index contributed by atoms with van der Waals surface area (Å²) < 4.78 is 76.2. The lowest BCUT2D eigenvalue weighted by atomic mass is 9.91. The fourth-order valence-electron chi connectivity index (χ4n) is 5.03. The molecule has 0 aliphatic carbocycles. The highest BCUT2D eigenvalue weighted by Crippen LogP contribution is 2.45. The second kappa shape index (κ2) is 13.6. The zero-order valence-electron chi connectivity index (χ0n) is 25.4. The van der Waals surface area contributed by atoms with Gasteiger partial charge < -0.3 is 15.8 Å². The number of nitrogens with two attached hydrogens (primary N) is 1. The van der Waals surface area contributed by atoms with Crippen molar-refractivity contribution in [1.82, 2.24) is 19.6 Å². The molecule has 1 aromatic heterocycles. The number of benzene rings is 3. The predicted octanol–water partition coefficient (Wildman–Crippen LogP) is 6.91. The Kier molecular flexibility index (Phi) is 10.2. The number of primary amides is 1. The van der Waals surface area contributed by atoms with Gasteiger partial charge >= 0.3 is 18.3 Å². The number of aryl methyl sites for hydroxylation is 1. The second-order valence-electron chi connectivity index (χ2n) is 10.8. The molecule has 0 saturated heterocycles. The fourth-order valence-corrected chi connectivity index (χ4v) is 6.27. The highest BCUT2D eigenvalue weighted by Gasteiger charge is 2.39. The van der Waals surface area contributed by atoms with Crippen LogP contribution in [0.2, 0.25) is 5.02 Å². The molecular formula is C31H33ClF3N5O5S. The summed E-state index contributed by atoms with van der Waals surface area (Å²) >= 11 is 6.27. The summed E-state index contributed by atoms with van der Waals surface area (Å²) in [6, 6.07) is 13.2. The standard InChI is InChI=1S/C31H33ClF3N5O5S/c1-5-18(3)25-26(31(33,34)35)23(32)16-24-27(25)38-28(19(4)45-29(36)41)40(24)21-10-8-20(9-11-21)14-15-37-30(42)39-46(43,44)22-12-6-17(2)7-13-22/h6-13,16,18-19H,5,14-15H2,1-4H3,(H2,36,41)(H2,37,39,42). The van der Waals surface area contributed by atoms with E-state index in [-0.39, 0.29) is 33.9 Å². The number of carbonyl (C=O) groups excluding carboxylic acids is 2. The number of alkyl halides is 3. The largest absolute Gasteiger partial charge is 0.439 e. The molecule has 0 radical (unpaired) electrons. The molecule has 2 atom stereocenters. The van der Waals surface area contributed by atoms with Crippen LogP contribution >= 0.6 is 11.6 Å². The molecule has 1 heterocycles. The maximum absolute atomic E-state index is 14.2. The average Bonchev–Trinajstić information content (AvgIpc) is 3.34. The number of imidazole rings is 1. The van der Waals surface area contributed by atoms with E-state index in [0.29, 0.717) is 18.5 Å². The number of nitrogens with zero attached hydrogens (tertiary/aromatic N) is 2. The molecule has 0 aliphatic heterocycles. The number of carbonyl (C=O) groups is 2. The van der Waals surface area contributed by atoms with E-state index in [1.165, 1.54) is 25.1 Å². The van der Waals surface area contributed by atoms with Crippen LogP contribution in [0, 0.1) is 6.92 Å². The average molecular weight is 680 g/mol. The van der Waals surface area contributed by atoms with Crippen molar-refractivity contribution < 1.29 is 35.9 Å². The van der Waals surface area contributed by atoms with Crippen LogP contribution in [0.5, 0.6) is 0 Å². The molecule has 4 N–H and O–H groups in total. The molecule has 3 amide bonds. The molecule has 4 rings (SSSR count). The molecule has 46 heavy (non-hydrogen) atoms. The van der Waals surface area contributed by atoms with Crippen molar-refractivity contribution in [3.05, 3.63) is 87.7 Å². The number of ether oxygens (including phenoxy) is 1. The van der Waals surface area contributed by atoms with Gasteiger partial charge in [0, 0.05) is 12.2 Å². The summed E-state index contributed by atoms with van der Waals surface area (Å²) in [7, 11) is -4.05. The van der Waals surface area contributed by atoms with Gasteiger partial charge in [-0.15, -0.1) is 0 Å². The fraction of sp³-hybridized carbons (Fsp3) is 0.323. The maximum atomic E-state index is 14.2. The Morgan fingerprint density at radius 1 is 1.09 bits per heavy atom. The topological polar surface area (TPSA) is 145 Å². The zero-order chi connectivity index (χ0) is 34.0. The van der Waals surface area contributed by atoms with Crippen LogP contribution in [0.3, 0.4) is 0 Å². The van der Waals surface area contributed by atoms with Crippen molar-refractivity contribution >= 4 is 44.8 Å². The van der Waals surface area contributed by atoms with E-state index < -0.39 is 50.9 Å². The first kappa shape index (κ1) is 34.6. The molecule has 3 aromatic carbocycles. The summed E-state index contributed by atoms with van der Waals surface area (Å²) in [5, 5.41) is 2.02. The Morgan fingerprint density at radius 3 is 2.28 bits per heavy atom. The molecule has 15 heteroatoms. The number of urea groups is 1. The molecule has 4 aromatic rings. The zero-order valence-corrected chi connectivity index (χ0v) is 27.0. The Labute approximate surface area is 269 Å².